The van der Waals surface area contributed by atoms with E-state index in [9.17, 15) is 4.79 Å². The van der Waals surface area contributed by atoms with Crippen molar-refractivity contribution in [2.24, 2.45) is 0 Å². The van der Waals surface area contributed by atoms with Crippen LogP contribution < -0.4 is 14.8 Å². The van der Waals surface area contributed by atoms with Gasteiger partial charge in [-0.15, -0.1) is 16.8 Å². The minimum absolute atomic E-state index is 0.261. The van der Waals surface area contributed by atoms with Crippen LogP contribution in [0.15, 0.2) is 24.8 Å². The van der Waals surface area contributed by atoms with E-state index in [1.807, 2.05) is 0 Å². The van der Waals surface area contributed by atoms with Crippen LogP contribution in [0.3, 0.4) is 0 Å². The minimum Gasteiger partial charge on any atom is -0.493 e. The van der Waals surface area contributed by atoms with E-state index in [0.29, 0.717) is 34.5 Å². The molecule has 1 heterocycles. The number of ether oxygens (including phenoxy) is 2. The third-order valence-electron chi connectivity index (χ3n) is 4.18. The van der Waals surface area contributed by atoms with E-state index in [1.54, 1.807) is 32.4 Å². The van der Waals surface area contributed by atoms with Gasteiger partial charge in [0, 0.05) is 17.0 Å². The Bertz CT molecular complexity index is 769. The van der Waals surface area contributed by atoms with Gasteiger partial charge in [0.05, 0.1) is 14.2 Å². The molecule has 0 atom stereocenters. The lowest BCUT2D eigenvalue weighted by Gasteiger charge is -2.14. The Hall–Kier alpha value is -2.41. The maximum atomic E-state index is 12.7. The number of carbonyl (C=O) groups is 1. The lowest BCUT2D eigenvalue weighted by atomic mass is 10.1. The summed E-state index contributed by atoms with van der Waals surface area (Å²) in [6.07, 6.45) is 4.32. The molecule has 2 rings (SSSR count). The van der Waals surface area contributed by atoms with Gasteiger partial charge >= 0.3 is 0 Å². The average molecular weight is 375 g/mol. The normalized spacial score (nSPS) is 10.7. The molecule has 0 aliphatic carbocycles. The molecule has 6 nitrogen and oxygen atoms in total. The van der Waals surface area contributed by atoms with Gasteiger partial charge in [0.15, 0.2) is 11.5 Å². The molecule has 1 aromatic heterocycles. The molecule has 0 radical (unpaired) electrons. The van der Waals surface area contributed by atoms with Crippen LogP contribution in [0.4, 0.5) is 5.13 Å². The Balaban J connectivity index is 2.26. The molecule has 0 unspecified atom stereocenters. The lowest BCUT2D eigenvalue weighted by molar-refractivity contribution is 0.102. The summed E-state index contributed by atoms with van der Waals surface area (Å²) in [5.41, 5.74) is 1.31. The Morgan fingerprint density at radius 3 is 2.58 bits per heavy atom. The largest absolute Gasteiger partial charge is 0.493 e. The topological polar surface area (TPSA) is 73.3 Å². The predicted molar refractivity (Wildman–Crippen MR) is 105 cm³/mol. The van der Waals surface area contributed by atoms with E-state index in [-0.39, 0.29) is 5.91 Å². The molecule has 0 saturated carbocycles. The number of benzene rings is 1. The first-order valence-corrected chi connectivity index (χ1v) is 9.39. The second-order valence-electron chi connectivity index (χ2n) is 5.78. The Kier molecular flexibility index (Phi) is 7.15. The van der Waals surface area contributed by atoms with Gasteiger partial charge in [0.25, 0.3) is 5.91 Å². The van der Waals surface area contributed by atoms with Crippen LogP contribution in [-0.4, -0.2) is 30.3 Å². The van der Waals surface area contributed by atoms with Crippen molar-refractivity contribution in [3.63, 3.8) is 0 Å². The highest BCUT2D eigenvalue weighted by Gasteiger charge is 2.18. The van der Waals surface area contributed by atoms with Crippen molar-refractivity contribution < 1.29 is 14.3 Å². The molecule has 26 heavy (non-hydrogen) atoms. The van der Waals surface area contributed by atoms with E-state index in [1.165, 1.54) is 11.3 Å². The Labute approximate surface area is 158 Å². The summed E-state index contributed by atoms with van der Waals surface area (Å²) < 4.78 is 10.8. The van der Waals surface area contributed by atoms with E-state index >= 15 is 0 Å². The van der Waals surface area contributed by atoms with E-state index < -0.39 is 0 Å². The fourth-order valence-electron chi connectivity index (χ4n) is 2.74. The third kappa shape index (κ3) is 4.40. The molecule has 0 aliphatic heterocycles. The first kappa shape index (κ1) is 19.9. The summed E-state index contributed by atoms with van der Waals surface area (Å²) >= 11 is 1.42. The molecular formula is C19H25N3O3S. The molecule has 0 fully saturated rings. The van der Waals surface area contributed by atoms with Crippen molar-refractivity contribution in [3.8, 4) is 11.5 Å². The molecule has 0 saturated heterocycles. The third-order valence-corrected chi connectivity index (χ3v) is 5.18. The van der Waals surface area contributed by atoms with Crippen LogP contribution in [-0.2, 0) is 6.42 Å². The smallest absolute Gasteiger partial charge is 0.257 e. The van der Waals surface area contributed by atoms with Gasteiger partial charge in [-0.1, -0.05) is 31.3 Å². The van der Waals surface area contributed by atoms with Crippen molar-refractivity contribution in [1.82, 2.24) is 10.2 Å². The van der Waals surface area contributed by atoms with Crippen LogP contribution >= 0.6 is 11.3 Å². The van der Waals surface area contributed by atoms with E-state index in [2.05, 4.69) is 35.9 Å². The van der Waals surface area contributed by atoms with Crippen LogP contribution in [0.25, 0.3) is 0 Å². The number of hydrogen-bond donors (Lipinski definition) is 1. The number of carbonyl (C=O) groups excluding carboxylic acids is 1. The number of allylic oxidation sites excluding steroid dienone is 1. The van der Waals surface area contributed by atoms with E-state index in [0.717, 1.165) is 23.4 Å². The highest BCUT2D eigenvalue weighted by atomic mass is 32.1. The number of anilines is 1. The van der Waals surface area contributed by atoms with Crippen LogP contribution in [0.2, 0.25) is 0 Å². The monoisotopic (exact) mass is 375 g/mol. The van der Waals surface area contributed by atoms with E-state index in [4.69, 9.17) is 9.47 Å². The Morgan fingerprint density at radius 2 is 2.00 bits per heavy atom. The summed E-state index contributed by atoms with van der Waals surface area (Å²) in [5.74, 6) is 1.23. The number of amides is 1. The number of hydrogen-bond acceptors (Lipinski definition) is 6. The second kappa shape index (κ2) is 9.33. The molecule has 1 aromatic carbocycles. The molecule has 7 heteroatoms. The minimum atomic E-state index is -0.261. The maximum Gasteiger partial charge on any atom is 0.257 e. The highest BCUT2D eigenvalue weighted by molar-refractivity contribution is 7.15. The Morgan fingerprint density at radius 1 is 1.27 bits per heavy atom. The van der Waals surface area contributed by atoms with Gasteiger partial charge in [-0.05, 0) is 31.4 Å². The first-order valence-electron chi connectivity index (χ1n) is 8.58. The quantitative estimate of drug-likeness (QED) is 0.656. The second-order valence-corrected chi connectivity index (χ2v) is 6.79. The van der Waals surface area contributed by atoms with Gasteiger partial charge < -0.3 is 9.47 Å². The molecule has 1 N–H and O–H groups in total. The lowest BCUT2D eigenvalue weighted by Crippen LogP contribution is -2.13. The molecule has 0 aliphatic rings. The maximum absolute atomic E-state index is 12.7. The fourth-order valence-corrected chi connectivity index (χ4v) is 3.74. The molecule has 0 spiro atoms. The van der Waals surface area contributed by atoms with Crippen molar-refractivity contribution in [2.75, 3.05) is 19.5 Å². The number of nitrogens with one attached hydrogen (secondary N) is 1. The fraction of sp³-hybridized carbons (Fsp3) is 0.421. The number of methoxy groups -OCH3 is 2. The van der Waals surface area contributed by atoms with Crippen molar-refractivity contribution in [2.45, 2.75) is 39.0 Å². The average Bonchev–Trinajstić information content (AvgIpc) is 3.10. The van der Waals surface area contributed by atoms with Gasteiger partial charge in [0.1, 0.15) is 5.01 Å². The summed E-state index contributed by atoms with van der Waals surface area (Å²) in [7, 11) is 3.12. The van der Waals surface area contributed by atoms with Crippen LogP contribution in [0, 0.1) is 0 Å². The zero-order valence-electron chi connectivity index (χ0n) is 15.7. The van der Waals surface area contributed by atoms with Crippen molar-refractivity contribution in [3.05, 3.63) is 40.9 Å². The summed E-state index contributed by atoms with van der Waals surface area (Å²) in [6.45, 7) is 8.00. The summed E-state index contributed by atoms with van der Waals surface area (Å²) in [5, 5.41) is 12.6. The first-order chi connectivity index (χ1) is 12.6. The molecular weight excluding hydrogens is 350 g/mol. The highest BCUT2D eigenvalue weighted by Crippen LogP contribution is 2.34. The summed E-state index contributed by atoms with van der Waals surface area (Å²) in [6, 6.07) is 3.44. The van der Waals surface area contributed by atoms with Crippen molar-refractivity contribution in [1.29, 1.82) is 0 Å². The molecule has 140 valence electrons. The molecule has 1 amide bonds. The molecule has 2 aromatic rings. The zero-order valence-corrected chi connectivity index (χ0v) is 16.5. The van der Waals surface area contributed by atoms with Gasteiger partial charge in [-0.3, -0.25) is 10.1 Å². The summed E-state index contributed by atoms with van der Waals surface area (Å²) in [4.78, 5) is 12.7. The predicted octanol–water partition coefficient (Wildman–Crippen LogP) is 4.44. The van der Waals surface area contributed by atoms with Gasteiger partial charge in [-0.2, -0.15) is 0 Å². The zero-order chi connectivity index (χ0) is 19.1. The van der Waals surface area contributed by atoms with Gasteiger partial charge in [-0.25, -0.2) is 0 Å². The standard InChI is InChI=1S/C19H25N3O3S/c1-6-9-13-10-14(11-15(24-4)16(13)25-5)17(23)20-19-22-21-18(26-19)12(7-2)8-3/h6,10-12H,1,7-9H2,2-5H3,(H,20,22,23). The van der Waals surface area contributed by atoms with Crippen LogP contribution in [0.5, 0.6) is 11.5 Å². The number of nitrogens with zero attached hydrogens (tertiary/aromatic N) is 2. The van der Waals surface area contributed by atoms with Gasteiger partial charge in [0.2, 0.25) is 5.13 Å². The molecule has 0 bridgehead atoms. The van der Waals surface area contributed by atoms with Crippen LogP contribution in [0.1, 0.15) is 53.5 Å². The number of aromatic nitrogens is 2. The SMILES string of the molecule is C=CCc1cc(C(=O)Nc2nnc(C(CC)CC)s2)cc(OC)c1OC. The number of rotatable bonds is 9. The van der Waals surface area contributed by atoms with Crippen molar-refractivity contribution >= 4 is 22.4 Å².